The van der Waals surface area contributed by atoms with Crippen LogP contribution < -0.4 is 14.9 Å². The molecule has 0 unspecified atom stereocenters. The van der Waals surface area contributed by atoms with E-state index in [1.165, 1.54) is 37.6 Å². The zero-order chi connectivity index (χ0) is 28.8. The molecule has 0 aromatic heterocycles. The highest BCUT2D eigenvalue weighted by atomic mass is 16.6. The number of nitro benzene ring substituents is 1. The van der Waals surface area contributed by atoms with Crippen molar-refractivity contribution < 1.29 is 24.0 Å². The van der Waals surface area contributed by atoms with Crippen LogP contribution in [0.25, 0.3) is 0 Å². The number of nitrogens with one attached hydrogen (secondary N) is 1. The van der Waals surface area contributed by atoms with Gasteiger partial charge in [0.2, 0.25) is 0 Å². The summed E-state index contributed by atoms with van der Waals surface area (Å²) in [6.45, 7) is 5.83. The third-order valence-corrected chi connectivity index (χ3v) is 6.16. The number of hydrogen-bond acceptors (Lipinski definition) is 7. The fourth-order valence-electron chi connectivity index (χ4n) is 4.30. The van der Waals surface area contributed by atoms with Gasteiger partial charge >= 0.3 is 0 Å². The van der Waals surface area contributed by atoms with Crippen LogP contribution in [-0.4, -0.2) is 29.9 Å². The van der Waals surface area contributed by atoms with Gasteiger partial charge in [0, 0.05) is 28.8 Å². The van der Waals surface area contributed by atoms with Crippen LogP contribution in [0, 0.1) is 30.9 Å². The summed E-state index contributed by atoms with van der Waals surface area (Å²) in [5.41, 5.74) is 7.54. The maximum absolute atomic E-state index is 13.1. The molecule has 1 N–H and O–H groups in total. The number of carbonyl (C=O) groups is 2. The van der Waals surface area contributed by atoms with Gasteiger partial charge in [0.05, 0.1) is 18.2 Å². The average Bonchev–Trinajstić information content (AvgIpc) is 2.93. The van der Waals surface area contributed by atoms with E-state index in [1.807, 2.05) is 32.9 Å². The number of non-ortho nitro benzene ring substituents is 1. The van der Waals surface area contributed by atoms with Gasteiger partial charge in [0.1, 0.15) is 5.75 Å². The van der Waals surface area contributed by atoms with E-state index in [0.717, 1.165) is 16.7 Å². The number of nitrogens with zero attached hydrogens (tertiary/aromatic N) is 2. The van der Waals surface area contributed by atoms with Crippen molar-refractivity contribution in [2.45, 2.75) is 20.8 Å². The van der Waals surface area contributed by atoms with E-state index in [2.05, 4.69) is 10.5 Å². The summed E-state index contributed by atoms with van der Waals surface area (Å²) in [6.07, 6.45) is 1.46. The Labute approximate surface area is 231 Å². The van der Waals surface area contributed by atoms with Crippen LogP contribution >= 0.6 is 0 Å². The largest absolute Gasteiger partial charge is 0.493 e. The van der Waals surface area contributed by atoms with Gasteiger partial charge in [-0.15, -0.1) is 0 Å². The van der Waals surface area contributed by atoms with Gasteiger partial charge in [0.25, 0.3) is 11.6 Å². The molecule has 4 rings (SSSR count). The van der Waals surface area contributed by atoms with Crippen LogP contribution in [0.3, 0.4) is 0 Å². The Morgan fingerprint density at radius 3 is 2.08 bits per heavy atom. The molecule has 0 aliphatic heterocycles. The lowest BCUT2D eigenvalue weighted by Crippen LogP contribution is -2.17. The molecule has 0 spiro atoms. The molecule has 0 saturated heterocycles. The quantitative estimate of drug-likeness (QED) is 0.116. The second-order valence-electron chi connectivity index (χ2n) is 9.14. The molecular formula is C31H27N3O6. The molecule has 40 heavy (non-hydrogen) atoms. The van der Waals surface area contributed by atoms with Crippen molar-refractivity contribution in [1.82, 2.24) is 5.43 Å². The molecule has 0 fully saturated rings. The van der Waals surface area contributed by atoms with Crippen LogP contribution in [0.5, 0.6) is 17.2 Å². The number of carbonyl (C=O) groups excluding carboxylic acids is 2. The number of methoxy groups -OCH3 is 1. The van der Waals surface area contributed by atoms with Crippen molar-refractivity contribution in [3.8, 4) is 17.2 Å². The summed E-state index contributed by atoms with van der Waals surface area (Å²) < 4.78 is 11.2. The highest BCUT2D eigenvalue weighted by Gasteiger charge is 2.16. The number of hydrogen-bond donors (Lipinski definition) is 1. The lowest BCUT2D eigenvalue weighted by atomic mass is 9.93. The Bertz CT molecular complexity index is 1590. The Hall–Kier alpha value is -5.31. The molecule has 1 amide bonds. The highest BCUT2D eigenvalue weighted by molar-refractivity contribution is 6.11. The normalized spacial score (nSPS) is 10.8. The van der Waals surface area contributed by atoms with E-state index in [1.54, 1.807) is 42.5 Å². The molecule has 0 atom stereocenters. The summed E-state index contributed by atoms with van der Waals surface area (Å²) in [5, 5.41) is 14.8. The first-order valence-electron chi connectivity index (χ1n) is 12.3. The fraction of sp³-hybridized carbons (Fsp3) is 0.129. The van der Waals surface area contributed by atoms with Gasteiger partial charge in [-0.3, -0.25) is 19.7 Å². The van der Waals surface area contributed by atoms with Gasteiger partial charge in [-0.1, -0.05) is 29.8 Å². The molecule has 9 heteroatoms. The number of rotatable bonds is 9. The second-order valence-corrected chi connectivity index (χ2v) is 9.14. The maximum Gasteiger partial charge on any atom is 0.271 e. The lowest BCUT2D eigenvalue weighted by molar-refractivity contribution is -0.384. The van der Waals surface area contributed by atoms with Gasteiger partial charge in [-0.05, 0) is 79.9 Å². The second kappa shape index (κ2) is 12.0. The number of ketones is 1. The van der Waals surface area contributed by atoms with Crippen molar-refractivity contribution in [3.05, 3.63) is 128 Å². The van der Waals surface area contributed by atoms with Crippen molar-refractivity contribution >= 4 is 23.6 Å². The topological polar surface area (TPSA) is 120 Å². The molecule has 0 saturated carbocycles. The Kier molecular flexibility index (Phi) is 8.34. The predicted molar refractivity (Wildman–Crippen MR) is 152 cm³/mol. The van der Waals surface area contributed by atoms with E-state index >= 15 is 0 Å². The molecule has 4 aromatic carbocycles. The first-order chi connectivity index (χ1) is 19.2. The molecule has 0 bridgehead atoms. The summed E-state index contributed by atoms with van der Waals surface area (Å²) in [7, 11) is 1.48. The molecule has 0 radical (unpaired) electrons. The fourth-order valence-corrected chi connectivity index (χ4v) is 4.30. The zero-order valence-corrected chi connectivity index (χ0v) is 22.4. The van der Waals surface area contributed by atoms with Gasteiger partial charge in [-0.25, -0.2) is 5.43 Å². The maximum atomic E-state index is 13.1. The molecular weight excluding hydrogens is 510 g/mol. The summed E-state index contributed by atoms with van der Waals surface area (Å²) in [6, 6.07) is 21.1. The summed E-state index contributed by atoms with van der Waals surface area (Å²) in [5.74, 6) is 0.712. The molecule has 0 aliphatic rings. The predicted octanol–water partition coefficient (Wildman–Crippen LogP) is 6.32. The third-order valence-electron chi connectivity index (χ3n) is 6.16. The summed E-state index contributed by atoms with van der Waals surface area (Å²) in [4.78, 5) is 36.0. The van der Waals surface area contributed by atoms with E-state index in [9.17, 15) is 19.7 Å². The number of hydrazone groups is 1. The van der Waals surface area contributed by atoms with Crippen molar-refractivity contribution in [2.75, 3.05) is 7.11 Å². The van der Waals surface area contributed by atoms with E-state index in [0.29, 0.717) is 39.5 Å². The van der Waals surface area contributed by atoms with Crippen LogP contribution in [-0.2, 0) is 0 Å². The van der Waals surface area contributed by atoms with E-state index in [-0.39, 0.29) is 11.5 Å². The number of benzene rings is 4. The lowest BCUT2D eigenvalue weighted by Gasteiger charge is -2.11. The minimum atomic E-state index is -0.485. The van der Waals surface area contributed by atoms with Crippen molar-refractivity contribution in [3.63, 3.8) is 0 Å². The molecule has 9 nitrogen and oxygen atoms in total. The first-order valence-corrected chi connectivity index (χ1v) is 12.3. The Morgan fingerprint density at radius 1 is 0.850 bits per heavy atom. The number of amides is 1. The standard InChI is InChI=1S/C31H27N3O6/c1-19-15-20(2)29(21(3)16-19)30(35)23-6-8-24(9-7-23)31(36)33-32-18-22-5-14-27(28(17-22)39-4)40-26-12-10-25(11-13-26)34(37)38/h5-18H,1-4H3,(H,33,36). The van der Waals surface area contributed by atoms with Crippen molar-refractivity contribution in [2.24, 2.45) is 5.10 Å². The molecule has 0 heterocycles. The monoisotopic (exact) mass is 537 g/mol. The first kappa shape index (κ1) is 27.7. The van der Waals surface area contributed by atoms with Crippen LogP contribution in [0.2, 0.25) is 0 Å². The Morgan fingerprint density at radius 2 is 1.48 bits per heavy atom. The number of aryl methyl sites for hydroxylation is 3. The van der Waals surface area contributed by atoms with E-state index < -0.39 is 10.8 Å². The highest BCUT2D eigenvalue weighted by Crippen LogP contribution is 2.32. The Balaban J connectivity index is 1.39. The molecule has 4 aromatic rings. The SMILES string of the molecule is COc1cc(C=NNC(=O)c2ccc(C(=O)c3c(C)cc(C)cc3C)cc2)ccc1Oc1ccc([N+](=O)[O-])cc1. The summed E-state index contributed by atoms with van der Waals surface area (Å²) >= 11 is 0. The van der Waals surface area contributed by atoms with Gasteiger partial charge in [-0.2, -0.15) is 5.10 Å². The van der Waals surface area contributed by atoms with Crippen LogP contribution in [0.1, 0.15) is 48.5 Å². The average molecular weight is 538 g/mol. The smallest absolute Gasteiger partial charge is 0.271 e. The van der Waals surface area contributed by atoms with Crippen LogP contribution in [0.15, 0.2) is 84.0 Å². The van der Waals surface area contributed by atoms with E-state index in [4.69, 9.17) is 9.47 Å². The van der Waals surface area contributed by atoms with Gasteiger partial charge in [0.15, 0.2) is 17.3 Å². The minimum absolute atomic E-state index is 0.0373. The number of ether oxygens (including phenoxy) is 2. The van der Waals surface area contributed by atoms with Crippen molar-refractivity contribution in [1.29, 1.82) is 0 Å². The van der Waals surface area contributed by atoms with Crippen LogP contribution in [0.4, 0.5) is 5.69 Å². The zero-order valence-electron chi connectivity index (χ0n) is 22.4. The molecule has 202 valence electrons. The third kappa shape index (κ3) is 6.39. The number of nitro groups is 1. The van der Waals surface area contributed by atoms with Gasteiger partial charge < -0.3 is 9.47 Å². The molecule has 0 aliphatic carbocycles. The minimum Gasteiger partial charge on any atom is -0.493 e.